The number of halogens is 1. The molecular weight excluding hydrogens is 246 g/mol. The molecule has 3 rings (SSSR count). The molecule has 2 heterocycles. The van der Waals surface area contributed by atoms with Gasteiger partial charge in [-0.25, -0.2) is 0 Å². The lowest BCUT2D eigenvalue weighted by molar-refractivity contribution is 0.590. The van der Waals surface area contributed by atoms with Crippen LogP contribution >= 0.6 is 11.6 Å². The topological polar surface area (TPSA) is 28.2 Å². The molecule has 0 aliphatic carbocycles. The third-order valence-electron chi connectivity index (χ3n) is 3.34. The maximum absolute atomic E-state index is 6.05. The second-order valence-corrected chi connectivity index (χ2v) is 5.12. The van der Waals surface area contributed by atoms with Crippen LogP contribution in [0.4, 0.5) is 5.69 Å². The van der Waals surface area contributed by atoms with Crippen LogP contribution in [0.2, 0.25) is 5.02 Å². The van der Waals surface area contributed by atoms with Crippen molar-refractivity contribution in [2.75, 3.05) is 31.1 Å². The number of anilines is 1. The van der Waals surface area contributed by atoms with E-state index in [4.69, 9.17) is 11.6 Å². The Balaban J connectivity index is 2.14. The first-order valence-corrected chi connectivity index (χ1v) is 6.64. The molecule has 1 aromatic heterocycles. The lowest BCUT2D eigenvalue weighted by atomic mass is 10.1. The van der Waals surface area contributed by atoms with Crippen molar-refractivity contribution in [2.45, 2.75) is 6.92 Å². The second-order valence-electron chi connectivity index (χ2n) is 4.68. The van der Waals surface area contributed by atoms with Crippen molar-refractivity contribution in [3.8, 4) is 0 Å². The first-order chi connectivity index (χ1) is 8.74. The summed E-state index contributed by atoms with van der Waals surface area (Å²) < 4.78 is 0. The minimum atomic E-state index is 0.742. The van der Waals surface area contributed by atoms with E-state index < -0.39 is 0 Å². The lowest BCUT2D eigenvalue weighted by Gasteiger charge is -2.30. The molecule has 3 nitrogen and oxygen atoms in total. The molecule has 1 aliphatic rings. The van der Waals surface area contributed by atoms with E-state index in [1.165, 1.54) is 11.1 Å². The Morgan fingerprint density at radius 3 is 2.78 bits per heavy atom. The molecule has 1 aromatic carbocycles. The molecule has 2 aromatic rings. The SMILES string of the molecule is Cc1cc(N2CCNCC2)c2ccc(Cl)cc2n1. The molecule has 1 fully saturated rings. The van der Waals surface area contributed by atoms with Crippen LogP contribution in [-0.4, -0.2) is 31.2 Å². The van der Waals surface area contributed by atoms with Gasteiger partial charge in [-0.05, 0) is 31.2 Å². The molecule has 0 amide bonds. The van der Waals surface area contributed by atoms with Gasteiger partial charge in [-0.2, -0.15) is 0 Å². The molecule has 0 atom stereocenters. The van der Waals surface area contributed by atoms with Gasteiger partial charge >= 0.3 is 0 Å². The van der Waals surface area contributed by atoms with Crippen molar-refractivity contribution in [1.29, 1.82) is 0 Å². The zero-order chi connectivity index (χ0) is 12.5. The summed E-state index contributed by atoms with van der Waals surface area (Å²) in [7, 11) is 0. The summed E-state index contributed by atoms with van der Waals surface area (Å²) in [6.07, 6.45) is 0. The molecule has 0 radical (unpaired) electrons. The maximum atomic E-state index is 6.05. The van der Waals surface area contributed by atoms with Crippen LogP contribution in [0.5, 0.6) is 0 Å². The van der Waals surface area contributed by atoms with Gasteiger partial charge in [-0.3, -0.25) is 4.98 Å². The van der Waals surface area contributed by atoms with Gasteiger partial charge in [0.25, 0.3) is 0 Å². The number of pyridine rings is 1. The molecule has 4 heteroatoms. The van der Waals surface area contributed by atoms with E-state index in [-0.39, 0.29) is 0 Å². The average molecular weight is 262 g/mol. The number of nitrogens with zero attached hydrogens (tertiary/aromatic N) is 2. The molecule has 0 spiro atoms. The summed E-state index contributed by atoms with van der Waals surface area (Å²) in [5.41, 5.74) is 3.30. The highest BCUT2D eigenvalue weighted by Gasteiger charge is 2.14. The molecule has 1 saturated heterocycles. The van der Waals surface area contributed by atoms with Gasteiger partial charge in [0.1, 0.15) is 0 Å². The van der Waals surface area contributed by atoms with E-state index in [2.05, 4.69) is 27.3 Å². The van der Waals surface area contributed by atoms with Crippen LogP contribution in [0, 0.1) is 6.92 Å². The number of aryl methyl sites for hydroxylation is 1. The first kappa shape index (κ1) is 11.8. The monoisotopic (exact) mass is 261 g/mol. The van der Waals surface area contributed by atoms with Crippen molar-refractivity contribution in [3.05, 3.63) is 35.0 Å². The Kier molecular flexibility index (Phi) is 3.10. The average Bonchev–Trinajstić information content (AvgIpc) is 2.38. The van der Waals surface area contributed by atoms with Crippen LogP contribution in [0.25, 0.3) is 10.9 Å². The molecule has 1 N–H and O–H groups in total. The van der Waals surface area contributed by atoms with Crippen molar-refractivity contribution in [3.63, 3.8) is 0 Å². The Bertz CT molecular complexity index is 571. The fourth-order valence-electron chi connectivity index (χ4n) is 2.48. The highest BCUT2D eigenvalue weighted by Crippen LogP contribution is 2.28. The smallest absolute Gasteiger partial charge is 0.0740 e. The van der Waals surface area contributed by atoms with Crippen molar-refractivity contribution < 1.29 is 0 Å². The van der Waals surface area contributed by atoms with E-state index in [9.17, 15) is 0 Å². The zero-order valence-electron chi connectivity index (χ0n) is 10.4. The molecule has 0 saturated carbocycles. The number of hydrogen-bond acceptors (Lipinski definition) is 3. The van der Waals surface area contributed by atoms with Gasteiger partial charge < -0.3 is 10.2 Å². The quantitative estimate of drug-likeness (QED) is 0.855. The fraction of sp³-hybridized carbons (Fsp3) is 0.357. The van der Waals surface area contributed by atoms with Gasteiger partial charge in [0, 0.05) is 48.0 Å². The predicted octanol–water partition coefficient (Wildman–Crippen LogP) is 2.61. The molecule has 18 heavy (non-hydrogen) atoms. The van der Waals surface area contributed by atoms with Crippen molar-refractivity contribution in [1.82, 2.24) is 10.3 Å². The number of fused-ring (bicyclic) bond motifs is 1. The summed E-state index contributed by atoms with van der Waals surface area (Å²) in [5, 5.41) is 5.31. The number of rotatable bonds is 1. The minimum Gasteiger partial charge on any atom is -0.368 e. The Morgan fingerprint density at radius 2 is 2.00 bits per heavy atom. The lowest BCUT2D eigenvalue weighted by Crippen LogP contribution is -2.43. The van der Waals surface area contributed by atoms with Crippen LogP contribution < -0.4 is 10.2 Å². The number of piperazine rings is 1. The summed E-state index contributed by atoms with van der Waals surface area (Å²) >= 11 is 6.05. The summed E-state index contributed by atoms with van der Waals surface area (Å²) in [6, 6.07) is 8.12. The molecular formula is C14H16ClN3. The summed E-state index contributed by atoms with van der Waals surface area (Å²) in [5.74, 6) is 0. The first-order valence-electron chi connectivity index (χ1n) is 6.26. The summed E-state index contributed by atoms with van der Waals surface area (Å²) in [4.78, 5) is 6.98. The van der Waals surface area contributed by atoms with Crippen molar-refractivity contribution >= 4 is 28.2 Å². The number of aromatic nitrogens is 1. The predicted molar refractivity (Wildman–Crippen MR) is 76.6 cm³/mol. The second kappa shape index (κ2) is 4.75. The van der Waals surface area contributed by atoms with Crippen LogP contribution in [0.15, 0.2) is 24.3 Å². The number of hydrogen-bond donors (Lipinski definition) is 1. The molecule has 0 bridgehead atoms. The van der Waals surface area contributed by atoms with E-state index in [1.54, 1.807) is 0 Å². The highest BCUT2D eigenvalue weighted by atomic mass is 35.5. The van der Waals surface area contributed by atoms with E-state index in [1.807, 2.05) is 19.1 Å². The molecule has 94 valence electrons. The Morgan fingerprint density at radius 1 is 1.22 bits per heavy atom. The van der Waals surface area contributed by atoms with Gasteiger partial charge in [0.2, 0.25) is 0 Å². The zero-order valence-corrected chi connectivity index (χ0v) is 11.2. The highest BCUT2D eigenvalue weighted by molar-refractivity contribution is 6.31. The van der Waals surface area contributed by atoms with E-state index >= 15 is 0 Å². The van der Waals surface area contributed by atoms with Gasteiger partial charge in [0.15, 0.2) is 0 Å². The molecule has 1 aliphatic heterocycles. The third kappa shape index (κ3) is 2.16. The maximum Gasteiger partial charge on any atom is 0.0740 e. The molecule has 0 unspecified atom stereocenters. The third-order valence-corrected chi connectivity index (χ3v) is 3.57. The van der Waals surface area contributed by atoms with Gasteiger partial charge in [-0.15, -0.1) is 0 Å². The van der Waals surface area contributed by atoms with Crippen LogP contribution in [0.3, 0.4) is 0 Å². The number of benzene rings is 1. The van der Waals surface area contributed by atoms with Crippen LogP contribution in [-0.2, 0) is 0 Å². The van der Waals surface area contributed by atoms with E-state index in [0.29, 0.717) is 0 Å². The van der Waals surface area contributed by atoms with Crippen molar-refractivity contribution in [2.24, 2.45) is 0 Å². The largest absolute Gasteiger partial charge is 0.368 e. The fourth-order valence-corrected chi connectivity index (χ4v) is 2.65. The standard InChI is InChI=1S/C14H16ClN3/c1-10-8-14(18-6-4-16-5-7-18)12-3-2-11(15)9-13(12)17-10/h2-3,8-9,16H,4-7H2,1H3. The van der Waals surface area contributed by atoms with Gasteiger partial charge in [0.05, 0.1) is 5.52 Å². The number of nitrogens with one attached hydrogen (secondary N) is 1. The van der Waals surface area contributed by atoms with Crippen LogP contribution in [0.1, 0.15) is 5.69 Å². The summed E-state index contributed by atoms with van der Waals surface area (Å²) in [6.45, 7) is 6.20. The minimum absolute atomic E-state index is 0.742. The van der Waals surface area contributed by atoms with Gasteiger partial charge in [-0.1, -0.05) is 11.6 Å². The Hall–Kier alpha value is -1.32. The normalized spacial score (nSPS) is 16.2. The van der Waals surface area contributed by atoms with E-state index in [0.717, 1.165) is 42.4 Å². The Labute approximate surface area is 112 Å².